The number of hydrogen-bond acceptors (Lipinski definition) is 5. The highest BCUT2D eigenvalue weighted by atomic mass is 32.1. The molecular weight excluding hydrogens is 270 g/mol. The summed E-state index contributed by atoms with van der Waals surface area (Å²) in [7, 11) is 0. The summed E-state index contributed by atoms with van der Waals surface area (Å²) in [5.74, 6) is -0.424. The number of carboxylic acid groups (broad SMARTS) is 1. The Morgan fingerprint density at radius 3 is 2.95 bits per heavy atom. The van der Waals surface area contributed by atoms with E-state index in [4.69, 9.17) is 9.63 Å². The Kier molecular flexibility index (Phi) is 3.81. The number of carbonyl (C=O) groups excluding carboxylic acids is 1. The number of rotatable bonds is 4. The summed E-state index contributed by atoms with van der Waals surface area (Å²) < 4.78 is 4.86. The molecule has 0 fully saturated rings. The van der Waals surface area contributed by atoms with Crippen molar-refractivity contribution in [2.24, 2.45) is 0 Å². The van der Waals surface area contributed by atoms with Gasteiger partial charge in [-0.05, 0) is 18.4 Å². The molecule has 0 saturated heterocycles. The molecular formula is C11H11N3O4S. The minimum Gasteiger partial charge on any atom is -0.478 e. The molecule has 2 rings (SSSR count). The van der Waals surface area contributed by atoms with Crippen LogP contribution in [0.1, 0.15) is 21.8 Å². The molecule has 0 aliphatic heterocycles. The second-order valence-electron chi connectivity index (χ2n) is 3.71. The average Bonchev–Trinajstić information content (AvgIpc) is 2.95. The highest BCUT2D eigenvalue weighted by Gasteiger charge is 2.13. The number of amides is 2. The number of aryl methyl sites for hydroxylation is 1. The van der Waals surface area contributed by atoms with Crippen LogP contribution in [0.4, 0.5) is 9.80 Å². The SMILES string of the molecule is Cc1cc(CNC(=O)Nc2sccc2C(=O)O)no1. The van der Waals surface area contributed by atoms with Gasteiger partial charge in [0, 0.05) is 6.07 Å². The molecule has 0 radical (unpaired) electrons. The fraction of sp³-hybridized carbons (Fsp3) is 0.182. The van der Waals surface area contributed by atoms with E-state index in [0.29, 0.717) is 16.5 Å². The molecule has 2 amide bonds. The monoisotopic (exact) mass is 281 g/mol. The highest BCUT2D eigenvalue weighted by Crippen LogP contribution is 2.22. The zero-order valence-corrected chi connectivity index (χ0v) is 10.8. The third-order valence-electron chi connectivity index (χ3n) is 2.23. The van der Waals surface area contributed by atoms with Crippen LogP contribution in [-0.4, -0.2) is 22.3 Å². The second-order valence-corrected chi connectivity index (χ2v) is 4.62. The molecule has 8 heteroatoms. The van der Waals surface area contributed by atoms with E-state index in [1.54, 1.807) is 18.4 Å². The van der Waals surface area contributed by atoms with E-state index in [2.05, 4.69) is 15.8 Å². The van der Waals surface area contributed by atoms with Gasteiger partial charge >= 0.3 is 12.0 Å². The Balaban J connectivity index is 1.90. The minimum atomic E-state index is -1.08. The molecule has 2 aromatic rings. The molecule has 0 bridgehead atoms. The molecule has 2 heterocycles. The first-order valence-corrected chi connectivity index (χ1v) is 6.22. The number of nitrogens with one attached hydrogen (secondary N) is 2. The summed E-state index contributed by atoms with van der Waals surface area (Å²) in [5, 5.41) is 19.5. The number of thiophene rings is 1. The molecule has 3 N–H and O–H groups in total. The van der Waals surface area contributed by atoms with Crippen LogP contribution >= 0.6 is 11.3 Å². The predicted octanol–water partition coefficient (Wildman–Crippen LogP) is 2.06. The smallest absolute Gasteiger partial charge is 0.338 e. The highest BCUT2D eigenvalue weighted by molar-refractivity contribution is 7.14. The van der Waals surface area contributed by atoms with E-state index in [1.165, 1.54) is 6.07 Å². The Bertz CT molecular complexity index is 605. The van der Waals surface area contributed by atoms with E-state index in [9.17, 15) is 9.59 Å². The lowest BCUT2D eigenvalue weighted by atomic mass is 10.3. The zero-order chi connectivity index (χ0) is 13.8. The maximum atomic E-state index is 11.6. The van der Waals surface area contributed by atoms with Crippen molar-refractivity contribution in [2.45, 2.75) is 13.5 Å². The van der Waals surface area contributed by atoms with E-state index >= 15 is 0 Å². The second kappa shape index (κ2) is 5.53. The van der Waals surface area contributed by atoms with Crippen molar-refractivity contribution in [3.05, 3.63) is 34.5 Å². The Hall–Kier alpha value is -2.35. The van der Waals surface area contributed by atoms with Gasteiger partial charge < -0.3 is 14.9 Å². The van der Waals surface area contributed by atoms with Gasteiger partial charge in [0.1, 0.15) is 16.5 Å². The third kappa shape index (κ3) is 3.32. The van der Waals surface area contributed by atoms with Gasteiger partial charge in [0.05, 0.1) is 12.1 Å². The van der Waals surface area contributed by atoms with E-state index < -0.39 is 12.0 Å². The molecule has 0 aromatic carbocycles. The van der Waals surface area contributed by atoms with E-state index in [1.807, 2.05) is 0 Å². The van der Waals surface area contributed by atoms with Crippen LogP contribution in [-0.2, 0) is 6.54 Å². The first-order chi connectivity index (χ1) is 9.06. The predicted molar refractivity (Wildman–Crippen MR) is 68.4 cm³/mol. The van der Waals surface area contributed by atoms with Crippen LogP contribution in [0.3, 0.4) is 0 Å². The lowest BCUT2D eigenvalue weighted by molar-refractivity contribution is 0.0698. The summed E-state index contributed by atoms with van der Waals surface area (Å²) in [6, 6.07) is 2.64. The normalized spacial score (nSPS) is 10.2. The van der Waals surface area contributed by atoms with Crippen molar-refractivity contribution in [1.29, 1.82) is 0 Å². The van der Waals surface area contributed by atoms with Crippen molar-refractivity contribution in [3.63, 3.8) is 0 Å². The van der Waals surface area contributed by atoms with Crippen LogP contribution in [0.5, 0.6) is 0 Å². The van der Waals surface area contributed by atoms with Gasteiger partial charge in [-0.15, -0.1) is 11.3 Å². The van der Waals surface area contributed by atoms with Gasteiger partial charge in [-0.1, -0.05) is 5.16 Å². The van der Waals surface area contributed by atoms with E-state index in [-0.39, 0.29) is 12.1 Å². The van der Waals surface area contributed by atoms with Crippen molar-refractivity contribution in [1.82, 2.24) is 10.5 Å². The van der Waals surface area contributed by atoms with Crippen LogP contribution in [0.15, 0.2) is 22.0 Å². The molecule has 0 aliphatic rings. The lowest BCUT2D eigenvalue weighted by Crippen LogP contribution is -2.28. The number of carbonyl (C=O) groups is 2. The van der Waals surface area contributed by atoms with Gasteiger partial charge in [0.2, 0.25) is 0 Å². The van der Waals surface area contributed by atoms with Gasteiger partial charge in [-0.2, -0.15) is 0 Å². The van der Waals surface area contributed by atoms with Crippen LogP contribution in [0, 0.1) is 6.92 Å². The standard InChI is InChI=1S/C11H11N3O4S/c1-6-4-7(14-18-6)5-12-11(17)13-9-8(10(15)16)2-3-19-9/h2-4H,5H2,1H3,(H,15,16)(H2,12,13,17). The summed E-state index contributed by atoms with van der Waals surface area (Å²) >= 11 is 1.15. The molecule has 0 spiro atoms. The molecule has 100 valence electrons. The van der Waals surface area contributed by atoms with Gasteiger partial charge in [-0.3, -0.25) is 5.32 Å². The Morgan fingerprint density at radius 1 is 1.53 bits per heavy atom. The van der Waals surface area contributed by atoms with Crippen LogP contribution in [0.2, 0.25) is 0 Å². The number of urea groups is 1. The fourth-order valence-electron chi connectivity index (χ4n) is 1.39. The molecule has 7 nitrogen and oxygen atoms in total. The largest absolute Gasteiger partial charge is 0.478 e. The fourth-order valence-corrected chi connectivity index (χ4v) is 2.17. The van der Waals surface area contributed by atoms with Gasteiger partial charge in [-0.25, -0.2) is 9.59 Å². The number of hydrogen-bond donors (Lipinski definition) is 3. The minimum absolute atomic E-state index is 0.0671. The molecule has 19 heavy (non-hydrogen) atoms. The Labute approximate surface area is 112 Å². The van der Waals surface area contributed by atoms with Crippen molar-refractivity contribution >= 4 is 28.3 Å². The first-order valence-electron chi connectivity index (χ1n) is 5.34. The quantitative estimate of drug-likeness (QED) is 0.795. The Morgan fingerprint density at radius 2 is 2.32 bits per heavy atom. The average molecular weight is 281 g/mol. The van der Waals surface area contributed by atoms with E-state index in [0.717, 1.165) is 11.3 Å². The van der Waals surface area contributed by atoms with Gasteiger partial charge in [0.25, 0.3) is 0 Å². The number of anilines is 1. The number of nitrogens with zero attached hydrogens (tertiary/aromatic N) is 1. The third-order valence-corrected chi connectivity index (χ3v) is 3.06. The maximum Gasteiger partial charge on any atom is 0.338 e. The van der Waals surface area contributed by atoms with Crippen molar-refractivity contribution in [3.8, 4) is 0 Å². The molecule has 0 saturated carbocycles. The van der Waals surface area contributed by atoms with Gasteiger partial charge in [0.15, 0.2) is 0 Å². The van der Waals surface area contributed by atoms with Crippen LogP contribution in [0.25, 0.3) is 0 Å². The summed E-state index contributed by atoms with van der Waals surface area (Å²) in [6.45, 7) is 1.96. The number of aromatic nitrogens is 1. The van der Waals surface area contributed by atoms with Crippen LogP contribution < -0.4 is 10.6 Å². The molecule has 0 atom stereocenters. The molecule has 0 unspecified atom stereocenters. The van der Waals surface area contributed by atoms with Crippen molar-refractivity contribution < 1.29 is 19.2 Å². The maximum absolute atomic E-state index is 11.6. The number of aromatic carboxylic acids is 1. The molecule has 2 aromatic heterocycles. The topological polar surface area (TPSA) is 104 Å². The zero-order valence-electron chi connectivity index (χ0n) is 9.97. The summed E-state index contributed by atoms with van der Waals surface area (Å²) in [4.78, 5) is 22.5. The summed E-state index contributed by atoms with van der Waals surface area (Å²) in [5.41, 5.74) is 0.662. The molecule has 0 aliphatic carbocycles. The first kappa shape index (κ1) is 13.1. The number of carboxylic acids is 1. The van der Waals surface area contributed by atoms with Crippen molar-refractivity contribution in [2.75, 3.05) is 5.32 Å². The lowest BCUT2D eigenvalue weighted by Gasteiger charge is -2.05. The summed E-state index contributed by atoms with van der Waals surface area (Å²) in [6.07, 6.45) is 0.